The third-order valence-electron chi connectivity index (χ3n) is 3.49. The van der Waals surface area contributed by atoms with Crippen LogP contribution in [-0.2, 0) is 16.6 Å². The van der Waals surface area contributed by atoms with Gasteiger partial charge in [-0.3, -0.25) is 0 Å². The molecule has 0 aliphatic carbocycles. The minimum Gasteiger partial charge on any atom is -0.390 e. The van der Waals surface area contributed by atoms with Gasteiger partial charge in [-0.1, -0.05) is 33.6 Å². The van der Waals surface area contributed by atoms with Gasteiger partial charge in [-0.15, -0.1) is 0 Å². The lowest BCUT2D eigenvalue weighted by Gasteiger charge is -2.24. The first-order valence-electron chi connectivity index (χ1n) is 6.77. The van der Waals surface area contributed by atoms with Crippen LogP contribution in [0.5, 0.6) is 0 Å². The average molecular weight is 288 g/mol. The Kier molecular flexibility index (Phi) is 6.03. The van der Waals surface area contributed by atoms with E-state index in [1.54, 1.807) is 0 Å². The lowest BCUT2D eigenvalue weighted by atomic mass is 10.0. The predicted octanol–water partition coefficient (Wildman–Crippen LogP) is 1.95. The number of hydrogen-bond acceptors (Lipinski definition) is 3. The molecule has 0 radical (unpaired) electrons. The summed E-state index contributed by atoms with van der Waals surface area (Å²) in [6, 6.07) is 1.49. The standard InChI is InChI=1S/C13H24N2O3S/c1-4-11(5-2)9-15(6-3)19(17,18)13-7-12(10-16)14-8-13/h7-8,11,14,16H,4-6,9-10H2,1-3H3. The first kappa shape index (κ1) is 16.2. The van der Waals surface area contributed by atoms with Gasteiger partial charge in [0.2, 0.25) is 10.0 Å². The van der Waals surface area contributed by atoms with Crippen LogP contribution in [0.4, 0.5) is 0 Å². The Morgan fingerprint density at radius 1 is 1.32 bits per heavy atom. The SMILES string of the molecule is CCC(CC)CN(CC)S(=O)(=O)c1c[nH]c(CO)c1. The maximum atomic E-state index is 12.5. The highest BCUT2D eigenvalue weighted by Gasteiger charge is 2.25. The summed E-state index contributed by atoms with van der Waals surface area (Å²) in [4.78, 5) is 2.99. The number of rotatable bonds is 8. The summed E-state index contributed by atoms with van der Waals surface area (Å²) >= 11 is 0. The van der Waals surface area contributed by atoms with Gasteiger partial charge in [0.25, 0.3) is 0 Å². The number of nitrogens with one attached hydrogen (secondary N) is 1. The highest BCUT2D eigenvalue weighted by atomic mass is 32.2. The molecule has 0 amide bonds. The molecule has 5 nitrogen and oxygen atoms in total. The Morgan fingerprint density at radius 2 is 1.95 bits per heavy atom. The fourth-order valence-corrected chi connectivity index (χ4v) is 3.58. The molecule has 0 spiro atoms. The van der Waals surface area contributed by atoms with E-state index in [4.69, 9.17) is 5.11 Å². The molecule has 19 heavy (non-hydrogen) atoms. The van der Waals surface area contributed by atoms with E-state index in [0.717, 1.165) is 12.8 Å². The Bertz CT molecular complexity index is 478. The Labute approximate surface area is 115 Å². The minimum absolute atomic E-state index is 0.186. The summed E-state index contributed by atoms with van der Waals surface area (Å²) in [5, 5.41) is 8.99. The van der Waals surface area contributed by atoms with E-state index >= 15 is 0 Å². The fraction of sp³-hybridized carbons (Fsp3) is 0.692. The van der Waals surface area contributed by atoms with Crippen LogP contribution >= 0.6 is 0 Å². The topological polar surface area (TPSA) is 73.4 Å². The van der Waals surface area contributed by atoms with Gasteiger partial charge in [-0.2, -0.15) is 4.31 Å². The van der Waals surface area contributed by atoms with Crippen molar-refractivity contribution in [1.29, 1.82) is 0 Å². The van der Waals surface area contributed by atoms with Crippen molar-refractivity contribution in [3.05, 3.63) is 18.0 Å². The maximum absolute atomic E-state index is 12.5. The van der Waals surface area contributed by atoms with Crippen LogP contribution in [0.15, 0.2) is 17.2 Å². The smallest absolute Gasteiger partial charge is 0.244 e. The average Bonchev–Trinajstić information content (AvgIpc) is 2.89. The highest BCUT2D eigenvalue weighted by Crippen LogP contribution is 2.20. The van der Waals surface area contributed by atoms with Crippen molar-refractivity contribution in [3.63, 3.8) is 0 Å². The molecule has 1 aromatic rings. The molecule has 0 aromatic carbocycles. The number of aliphatic hydroxyl groups excluding tert-OH is 1. The van der Waals surface area contributed by atoms with Crippen LogP contribution in [0.25, 0.3) is 0 Å². The third-order valence-corrected chi connectivity index (χ3v) is 5.41. The molecule has 1 aromatic heterocycles. The number of sulfonamides is 1. The second-order valence-corrected chi connectivity index (χ2v) is 6.59. The van der Waals surface area contributed by atoms with Crippen molar-refractivity contribution >= 4 is 10.0 Å². The van der Waals surface area contributed by atoms with Gasteiger partial charge in [0, 0.05) is 25.0 Å². The van der Waals surface area contributed by atoms with E-state index in [1.807, 2.05) is 6.92 Å². The van der Waals surface area contributed by atoms with Crippen LogP contribution in [0.3, 0.4) is 0 Å². The number of aromatic amines is 1. The van der Waals surface area contributed by atoms with Gasteiger partial charge in [-0.25, -0.2) is 8.42 Å². The van der Waals surface area contributed by atoms with Crippen LogP contribution in [0, 0.1) is 5.92 Å². The first-order chi connectivity index (χ1) is 8.99. The number of nitrogens with zero attached hydrogens (tertiary/aromatic N) is 1. The largest absolute Gasteiger partial charge is 0.390 e. The van der Waals surface area contributed by atoms with Crippen molar-refractivity contribution in [2.75, 3.05) is 13.1 Å². The third kappa shape index (κ3) is 3.81. The second-order valence-electron chi connectivity index (χ2n) is 4.66. The molecule has 0 aliphatic rings. The Balaban J connectivity index is 2.95. The van der Waals surface area contributed by atoms with Gasteiger partial charge in [0.05, 0.1) is 11.5 Å². The summed E-state index contributed by atoms with van der Waals surface area (Å²) < 4.78 is 26.5. The molecule has 0 unspecified atom stereocenters. The van der Waals surface area contributed by atoms with Gasteiger partial charge in [-0.05, 0) is 12.0 Å². The molecule has 0 fully saturated rings. The fourth-order valence-electron chi connectivity index (χ4n) is 2.04. The van der Waals surface area contributed by atoms with Crippen molar-refractivity contribution in [3.8, 4) is 0 Å². The maximum Gasteiger partial charge on any atom is 0.244 e. The van der Waals surface area contributed by atoms with Crippen molar-refractivity contribution < 1.29 is 13.5 Å². The lowest BCUT2D eigenvalue weighted by Crippen LogP contribution is -2.34. The van der Waals surface area contributed by atoms with Gasteiger partial charge in [0.1, 0.15) is 0 Å². The number of aliphatic hydroxyl groups is 1. The van der Waals surface area contributed by atoms with E-state index in [-0.39, 0.29) is 11.5 Å². The normalized spacial score (nSPS) is 12.5. The zero-order chi connectivity index (χ0) is 14.5. The molecule has 1 rings (SSSR count). The van der Waals surface area contributed by atoms with E-state index < -0.39 is 10.0 Å². The van der Waals surface area contributed by atoms with E-state index in [0.29, 0.717) is 24.7 Å². The monoisotopic (exact) mass is 288 g/mol. The summed E-state index contributed by atoms with van der Waals surface area (Å²) in [5.74, 6) is 0.381. The zero-order valence-electron chi connectivity index (χ0n) is 11.9. The molecular formula is C13H24N2O3S. The van der Waals surface area contributed by atoms with E-state index in [1.165, 1.54) is 16.6 Å². The number of H-pyrrole nitrogens is 1. The van der Waals surface area contributed by atoms with E-state index in [9.17, 15) is 8.42 Å². The van der Waals surface area contributed by atoms with Crippen molar-refractivity contribution in [2.45, 2.75) is 45.1 Å². The van der Waals surface area contributed by atoms with E-state index in [2.05, 4.69) is 18.8 Å². The molecule has 0 saturated carbocycles. The van der Waals surface area contributed by atoms with Crippen molar-refractivity contribution in [1.82, 2.24) is 9.29 Å². The van der Waals surface area contributed by atoms with Crippen LogP contribution < -0.4 is 0 Å². The number of hydrogen-bond donors (Lipinski definition) is 2. The molecular weight excluding hydrogens is 264 g/mol. The molecule has 0 atom stereocenters. The van der Waals surface area contributed by atoms with Crippen LogP contribution in [-0.4, -0.2) is 35.9 Å². The van der Waals surface area contributed by atoms with Crippen LogP contribution in [0.2, 0.25) is 0 Å². The first-order valence-corrected chi connectivity index (χ1v) is 8.21. The van der Waals surface area contributed by atoms with Crippen molar-refractivity contribution in [2.24, 2.45) is 5.92 Å². The summed E-state index contributed by atoms with van der Waals surface area (Å²) in [6.07, 6.45) is 3.38. The van der Waals surface area contributed by atoms with Gasteiger partial charge in [0.15, 0.2) is 0 Å². The summed E-state index contributed by atoms with van der Waals surface area (Å²) in [7, 11) is -3.46. The Morgan fingerprint density at radius 3 is 2.37 bits per heavy atom. The quantitative estimate of drug-likeness (QED) is 0.768. The molecule has 0 saturated heterocycles. The molecule has 6 heteroatoms. The van der Waals surface area contributed by atoms with Crippen LogP contribution in [0.1, 0.15) is 39.3 Å². The molecule has 2 N–H and O–H groups in total. The minimum atomic E-state index is -3.46. The highest BCUT2D eigenvalue weighted by molar-refractivity contribution is 7.89. The Hall–Kier alpha value is -0.850. The molecule has 0 aliphatic heterocycles. The number of aromatic nitrogens is 1. The molecule has 110 valence electrons. The predicted molar refractivity (Wildman–Crippen MR) is 75.2 cm³/mol. The van der Waals surface area contributed by atoms with Gasteiger partial charge >= 0.3 is 0 Å². The summed E-state index contributed by atoms with van der Waals surface area (Å²) in [5.41, 5.74) is 0.511. The second kappa shape index (κ2) is 7.07. The lowest BCUT2D eigenvalue weighted by molar-refractivity contribution is 0.277. The zero-order valence-corrected chi connectivity index (χ0v) is 12.7. The molecule has 0 bridgehead atoms. The summed E-state index contributed by atoms with van der Waals surface area (Å²) in [6.45, 7) is 6.82. The molecule has 1 heterocycles. The van der Waals surface area contributed by atoms with Gasteiger partial charge < -0.3 is 10.1 Å².